The Bertz CT molecular complexity index is 236. The van der Waals surface area contributed by atoms with Crippen LogP contribution in [0.3, 0.4) is 0 Å². The second kappa shape index (κ2) is 5.21. The SMILES string of the molecule is CN1CCC(C2CCCN(C)C2Cl)C(N)C1. The van der Waals surface area contributed by atoms with Crippen molar-refractivity contribution in [3.63, 3.8) is 0 Å². The van der Waals surface area contributed by atoms with E-state index in [1.54, 1.807) is 0 Å². The number of likely N-dealkylation sites (tertiary alicyclic amines) is 2. The minimum Gasteiger partial charge on any atom is -0.326 e. The monoisotopic (exact) mass is 245 g/mol. The quantitative estimate of drug-likeness (QED) is 0.556. The molecule has 2 aliphatic rings. The summed E-state index contributed by atoms with van der Waals surface area (Å²) in [5.74, 6) is 1.20. The van der Waals surface area contributed by atoms with Crippen LogP contribution >= 0.6 is 11.6 Å². The minimum absolute atomic E-state index is 0.188. The molecule has 2 fully saturated rings. The van der Waals surface area contributed by atoms with Gasteiger partial charge in [0.15, 0.2) is 0 Å². The molecule has 0 aliphatic carbocycles. The molecule has 94 valence electrons. The van der Waals surface area contributed by atoms with Gasteiger partial charge in [0, 0.05) is 12.6 Å². The van der Waals surface area contributed by atoms with Crippen LogP contribution in [0.2, 0.25) is 0 Å². The summed E-state index contributed by atoms with van der Waals surface area (Å²) >= 11 is 6.52. The van der Waals surface area contributed by atoms with Crippen LogP contribution < -0.4 is 5.73 Å². The number of nitrogens with zero attached hydrogens (tertiary/aromatic N) is 2. The topological polar surface area (TPSA) is 32.5 Å². The summed E-state index contributed by atoms with van der Waals surface area (Å²) < 4.78 is 0. The lowest BCUT2D eigenvalue weighted by Crippen LogP contribution is -2.53. The van der Waals surface area contributed by atoms with E-state index in [4.69, 9.17) is 17.3 Å². The molecule has 0 spiro atoms. The number of nitrogens with two attached hydrogens (primary N) is 1. The van der Waals surface area contributed by atoms with Crippen molar-refractivity contribution in [2.75, 3.05) is 33.7 Å². The Labute approximate surface area is 104 Å². The molecule has 0 aromatic carbocycles. The third-order valence-electron chi connectivity index (χ3n) is 4.29. The second-order valence-electron chi connectivity index (χ2n) is 5.54. The molecule has 0 radical (unpaired) electrons. The van der Waals surface area contributed by atoms with E-state index < -0.39 is 0 Å². The fourth-order valence-electron chi connectivity index (χ4n) is 3.28. The molecule has 2 rings (SSSR count). The highest BCUT2D eigenvalue weighted by atomic mass is 35.5. The fraction of sp³-hybridized carbons (Fsp3) is 1.00. The first kappa shape index (κ1) is 12.6. The Morgan fingerprint density at radius 1 is 1.12 bits per heavy atom. The molecule has 2 saturated heterocycles. The van der Waals surface area contributed by atoms with Gasteiger partial charge in [0.2, 0.25) is 0 Å². The van der Waals surface area contributed by atoms with Crippen molar-refractivity contribution < 1.29 is 0 Å². The second-order valence-corrected chi connectivity index (χ2v) is 5.99. The molecule has 0 saturated carbocycles. The van der Waals surface area contributed by atoms with E-state index >= 15 is 0 Å². The summed E-state index contributed by atoms with van der Waals surface area (Å²) in [6.07, 6.45) is 3.73. The van der Waals surface area contributed by atoms with Crippen LogP contribution in [0.4, 0.5) is 0 Å². The first-order valence-electron chi connectivity index (χ1n) is 6.38. The number of halogens is 1. The zero-order valence-corrected chi connectivity index (χ0v) is 11.2. The lowest BCUT2D eigenvalue weighted by atomic mass is 9.77. The number of piperidine rings is 2. The summed E-state index contributed by atoms with van der Waals surface area (Å²) in [6, 6.07) is 0.302. The highest BCUT2D eigenvalue weighted by Gasteiger charge is 2.38. The van der Waals surface area contributed by atoms with Gasteiger partial charge in [0.05, 0.1) is 5.50 Å². The van der Waals surface area contributed by atoms with Crippen molar-refractivity contribution in [1.29, 1.82) is 0 Å². The predicted octanol–water partition coefficient (Wildman–Crippen LogP) is 1.17. The molecular formula is C12H24ClN3. The maximum absolute atomic E-state index is 6.52. The van der Waals surface area contributed by atoms with Crippen LogP contribution in [0, 0.1) is 11.8 Å². The molecule has 2 N–H and O–H groups in total. The Morgan fingerprint density at radius 3 is 2.56 bits per heavy atom. The van der Waals surface area contributed by atoms with Gasteiger partial charge in [-0.15, -0.1) is 11.6 Å². The highest BCUT2D eigenvalue weighted by molar-refractivity contribution is 6.20. The van der Waals surface area contributed by atoms with Crippen molar-refractivity contribution in [3.8, 4) is 0 Å². The normalized spacial score (nSPS) is 43.5. The van der Waals surface area contributed by atoms with Gasteiger partial charge in [-0.3, -0.25) is 4.90 Å². The van der Waals surface area contributed by atoms with E-state index in [0.717, 1.165) is 13.1 Å². The maximum Gasteiger partial charge on any atom is 0.0879 e. The molecule has 2 heterocycles. The number of hydrogen-bond acceptors (Lipinski definition) is 3. The number of likely N-dealkylation sites (N-methyl/N-ethyl adjacent to an activating group) is 1. The predicted molar refractivity (Wildman–Crippen MR) is 68.6 cm³/mol. The molecular weight excluding hydrogens is 222 g/mol. The average molecular weight is 246 g/mol. The maximum atomic E-state index is 6.52. The number of rotatable bonds is 1. The minimum atomic E-state index is 0.188. The first-order chi connectivity index (χ1) is 7.59. The van der Waals surface area contributed by atoms with Gasteiger partial charge >= 0.3 is 0 Å². The van der Waals surface area contributed by atoms with Crippen LogP contribution in [-0.2, 0) is 0 Å². The van der Waals surface area contributed by atoms with E-state index in [9.17, 15) is 0 Å². The molecule has 0 bridgehead atoms. The van der Waals surface area contributed by atoms with Gasteiger partial charge in [-0.25, -0.2) is 0 Å². The van der Waals surface area contributed by atoms with Crippen LogP contribution in [0.25, 0.3) is 0 Å². The Morgan fingerprint density at radius 2 is 1.88 bits per heavy atom. The summed E-state index contributed by atoms with van der Waals surface area (Å²) in [4.78, 5) is 4.61. The highest BCUT2D eigenvalue weighted by Crippen LogP contribution is 2.36. The molecule has 0 amide bonds. The Kier molecular flexibility index (Phi) is 4.11. The lowest BCUT2D eigenvalue weighted by molar-refractivity contribution is 0.0762. The lowest BCUT2D eigenvalue weighted by Gasteiger charge is -2.45. The molecule has 0 aromatic rings. The molecule has 3 nitrogen and oxygen atoms in total. The summed E-state index contributed by atoms with van der Waals surface area (Å²) in [5.41, 5.74) is 6.48. The van der Waals surface area contributed by atoms with Crippen LogP contribution in [0.15, 0.2) is 0 Å². The zero-order chi connectivity index (χ0) is 11.7. The van der Waals surface area contributed by atoms with Gasteiger partial charge in [0.25, 0.3) is 0 Å². The third-order valence-corrected chi connectivity index (χ3v) is 4.95. The molecule has 16 heavy (non-hydrogen) atoms. The van der Waals surface area contributed by atoms with Crippen LogP contribution in [-0.4, -0.2) is 55.1 Å². The molecule has 2 aliphatic heterocycles. The molecule has 4 heteroatoms. The standard InChI is InChI=1S/C12H24ClN3/c1-15-7-5-9(11(14)8-15)10-4-3-6-16(2)12(10)13/h9-12H,3-8,14H2,1-2H3. The van der Waals surface area contributed by atoms with Crippen molar-refractivity contribution >= 4 is 11.6 Å². The van der Waals surface area contributed by atoms with Gasteiger partial charge in [-0.1, -0.05) is 0 Å². The van der Waals surface area contributed by atoms with Gasteiger partial charge in [-0.05, 0) is 58.3 Å². The van der Waals surface area contributed by atoms with E-state index in [2.05, 4.69) is 23.9 Å². The third kappa shape index (κ3) is 2.53. The van der Waals surface area contributed by atoms with Gasteiger partial charge < -0.3 is 10.6 Å². The first-order valence-corrected chi connectivity index (χ1v) is 6.81. The average Bonchev–Trinajstić information content (AvgIpc) is 2.23. The van der Waals surface area contributed by atoms with Crippen molar-refractivity contribution in [3.05, 3.63) is 0 Å². The summed E-state index contributed by atoms with van der Waals surface area (Å²) in [5, 5.41) is 0. The smallest absolute Gasteiger partial charge is 0.0879 e. The van der Waals surface area contributed by atoms with E-state index in [0.29, 0.717) is 17.9 Å². The van der Waals surface area contributed by atoms with E-state index in [1.165, 1.54) is 25.8 Å². The Balaban J connectivity index is 2.00. The van der Waals surface area contributed by atoms with Crippen LogP contribution in [0.5, 0.6) is 0 Å². The fourth-order valence-corrected chi connectivity index (χ4v) is 3.69. The van der Waals surface area contributed by atoms with Crippen molar-refractivity contribution in [2.45, 2.75) is 30.8 Å². The zero-order valence-electron chi connectivity index (χ0n) is 10.4. The molecule has 4 unspecified atom stereocenters. The van der Waals surface area contributed by atoms with Crippen LogP contribution in [0.1, 0.15) is 19.3 Å². The molecule has 0 aromatic heterocycles. The van der Waals surface area contributed by atoms with Crippen molar-refractivity contribution in [2.24, 2.45) is 17.6 Å². The van der Waals surface area contributed by atoms with Gasteiger partial charge in [-0.2, -0.15) is 0 Å². The largest absolute Gasteiger partial charge is 0.326 e. The summed E-state index contributed by atoms with van der Waals surface area (Å²) in [7, 11) is 4.28. The summed E-state index contributed by atoms with van der Waals surface area (Å²) in [6.45, 7) is 3.32. The van der Waals surface area contributed by atoms with Crippen molar-refractivity contribution in [1.82, 2.24) is 9.80 Å². The van der Waals surface area contributed by atoms with E-state index in [-0.39, 0.29) is 5.50 Å². The van der Waals surface area contributed by atoms with E-state index in [1.807, 2.05) is 0 Å². The Hall–Kier alpha value is 0.170. The number of alkyl halides is 1. The molecule has 4 atom stereocenters. The van der Waals surface area contributed by atoms with Gasteiger partial charge in [0.1, 0.15) is 0 Å². The number of hydrogen-bond donors (Lipinski definition) is 1.